The standard InChI is InChI=1S/C25H22F3N3O3/c1-14-6-9-18(13-20(14)25(26,27)28)29-23(32)19-12-16-4-2-3-5-21(16)31-22(19)15-7-10-17(11-8-15)30-24(33)34/h2-11,13,19,22,30-31H,12H2,1H3,(H,29,32)(H,33,34). The van der Waals surface area contributed by atoms with Crippen molar-refractivity contribution in [2.45, 2.75) is 25.6 Å². The third-order valence-corrected chi connectivity index (χ3v) is 5.84. The minimum absolute atomic E-state index is 0.0709. The number of fused-ring (bicyclic) bond motifs is 1. The van der Waals surface area contributed by atoms with Crippen LogP contribution in [0.2, 0.25) is 0 Å². The molecule has 0 aliphatic carbocycles. The summed E-state index contributed by atoms with van der Waals surface area (Å²) in [5.74, 6) is -1.04. The predicted octanol–water partition coefficient (Wildman–Crippen LogP) is 6.07. The zero-order valence-electron chi connectivity index (χ0n) is 18.1. The number of hydrogen-bond donors (Lipinski definition) is 4. The van der Waals surface area contributed by atoms with E-state index < -0.39 is 35.7 Å². The van der Waals surface area contributed by atoms with Gasteiger partial charge in [-0.1, -0.05) is 36.4 Å². The van der Waals surface area contributed by atoms with Crippen LogP contribution in [0.5, 0.6) is 0 Å². The number of carboxylic acid groups (broad SMARTS) is 1. The van der Waals surface area contributed by atoms with Gasteiger partial charge in [-0.25, -0.2) is 4.79 Å². The molecule has 0 radical (unpaired) electrons. The van der Waals surface area contributed by atoms with Gasteiger partial charge in [-0.3, -0.25) is 10.1 Å². The highest BCUT2D eigenvalue weighted by Gasteiger charge is 2.36. The highest BCUT2D eigenvalue weighted by atomic mass is 19.4. The molecule has 0 saturated carbocycles. The molecule has 1 aliphatic heterocycles. The van der Waals surface area contributed by atoms with Gasteiger partial charge in [0.25, 0.3) is 0 Å². The van der Waals surface area contributed by atoms with Crippen LogP contribution < -0.4 is 16.0 Å². The Morgan fingerprint density at radius 3 is 2.32 bits per heavy atom. The summed E-state index contributed by atoms with van der Waals surface area (Å²) < 4.78 is 40.0. The second kappa shape index (κ2) is 9.09. The van der Waals surface area contributed by atoms with Crippen LogP contribution >= 0.6 is 0 Å². The fourth-order valence-electron chi connectivity index (χ4n) is 4.16. The number of aryl methyl sites for hydroxylation is 1. The Kier molecular flexibility index (Phi) is 6.19. The molecule has 176 valence electrons. The van der Waals surface area contributed by atoms with Crippen molar-refractivity contribution in [2.75, 3.05) is 16.0 Å². The molecule has 0 aromatic heterocycles. The summed E-state index contributed by atoms with van der Waals surface area (Å²) in [6.07, 6.45) is -5.33. The lowest BCUT2D eigenvalue weighted by Crippen LogP contribution is -2.37. The first-order chi connectivity index (χ1) is 16.1. The fourth-order valence-corrected chi connectivity index (χ4v) is 4.16. The third-order valence-electron chi connectivity index (χ3n) is 5.84. The zero-order chi connectivity index (χ0) is 24.5. The molecule has 0 spiro atoms. The average molecular weight is 469 g/mol. The Hall–Kier alpha value is -4.01. The van der Waals surface area contributed by atoms with E-state index in [1.165, 1.54) is 19.1 Å². The quantitative estimate of drug-likeness (QED) is 0.373. The van der Waals surface area contributed by atoms with Crippen LogP contribution in [0.3, 0.4) is 0 Å². The summed E-state index contributed by atoms with van der Waals surface area (Å²) in [4.78, 5) is 24.2. The van der Waals surface area contributed by atoms with E-state index in [0.29, 0.717) is 12.1 Å². The Bertz CT molecular complexity index is 1230. The molecule has 2 atom stereocenters. The highest BCUT2D eigenvalue weighted by molar-refractivity contribution is 5.94. The van der Waals surface area contributed by atoms with Gasteiger partial charge in [0.2, 0.25) is 5.91 Å². The van der Waals surface area contributed by atoms with E-state index in [1.807, 2.05) is 24.3 Å². The lowest BCUT2D eigenvalue weighted by atomic mass is 9.83. The van der Waals surface area contributed by atoms with Gasteiger partial charge in [-0.15, -0.1) is 0 Å². The molecule has 0 bridgehead atoms. The van der Waals surface area contributed by atoms with Crippen LogP contribution in [0.15, 0.2) is 66.7 Å². The molecule has 9 heteroatoms. The summed E-state index contributed by atoms with van der Waals surface area (Å²) in [5, 5.41) is 17.2. The molecule has 34 heavy (non-hydrogen) atoms. The molecule has 4 N–H and O–H groups in total. The number of anilines is 3. The summed E-state index contributed by atoms with van der Waals surface area (Å²) in [5.41, 5.74) is 2.25. The number of para-hydroxylation sites is 1. The molecule has 0 fully saturated rings. The van der Waals surface area contributed by atoms with Crippen molar-refractivity contribution >= 4 is 29.1 Å². The van der Waals surface area contributed by atoms with Gasteiger partial charge in [0.05, 0.1) is 17.5 Å². The lowest BCUT2D eigenvalue weighted by Gasteiger charge is -2.34. The monoisotopic (exact) mass is 469 g/mol. The Labute approximate surface area is 193 Å². The van der Waals surface area contributed by atoms with Gasteiger partial charge in [-0.05, 0) is 60.4 Å². The van der Waals surface area contributed by atoms with Crippen LogP contribution in [-0.2, 0) is 17.4 Å². The first kappa shape index (κ1) is 23.2. The fraction of sp³-hybridized carbons (Fsp3) is 0.200. The van der Waals surface area contributed by atoms with E-state index in [1.54, 1.807) is 24.3 Å². The molecule has 3 aromatic carbocycles. The van der Waals surface area contributed by atoms with Gasteiger partial charge in [0, 0.05) is 17.1 Å². The van der Waals surface area contributed by atoms with Gasteiger partial charge >= 0.3 is 12.3 Å². The molecule has 1 aliphatic rings. The summed E-state index contributed by atoms with van der Waals surface area (Å²) >= 11 is 0. The Balaban J connectivity index is 1.63. The molecule has 6 nitrogen and oxygen atoms in total. The van der Waals surface area contributed by atoms with Crippen molar-refractivity contribution in [2.24, 2.45) is 5.92 Å². The third kappa shape index (κ3) is 4.98. The van der Waals surface area contributed by atoms with E-state index in [-0.39, 0.29) is 11.3 Å². The van der Waals surface area contributed by atoms with Crippen LogP contribution in [0.1, 0.15) is 28.3 Å². The summed E-state index contributed by atoms with van der Waals surface area (Å²) in [7, 11) is 0. The second-order valence-corrected chi connectivity index (χ2v) is 8.16. The highest BCUT2D eigenvalue weighted by Crippen LogP contribution is 2.38. The number of nitrogens with one attached hydrogen (secondary N) is 3. The van der Waals surface area contributed by atoms with Crippen molar-refractivity contribution in [1.29, 1.82) is 0 Å². The van der Waals surface area contributed by atoms with Crippen molar-refractivity contribution in [3.8, 4) is 0 Å². The first-order valence-electron chi connectivity index (χ1n) is 10.5. The topological polar surface area (TPSA) is 90.5 Å². The summed E-state index contributed by atoms with van der Waals surface area (Å²) in [6.45, 7) is 1.37. The molecule has 2 unspecified atom stereocenters. The number of benzene rings is 3. The largest absolute Gasteiger partial charge is 0.465 e. The molecular weight excluding hydrogens is 447 g/mol. The predicted molar refractivity (Wildman–Crippen MR) is 123 cm³/mol. The van der Waals surface area contributed by atoms with E-state index in [4.69, 9.17) is 5.11 Å². The van der Waals surface area contributed by atoms with Crippen LogP contribution in [0, 0.1) is 12.8 Å². The van der Waals surface area contributed by atoms with E-state index in [9.17, 15) is 22.8 Å². The Morgan fingerprint density at radius 1 is 0.971 bits per heavy atom. The van der Waals surface area contributed by atoms with Gasteiger partial charge in [-0.2, -0.15) is 13.2 Å². The van der Waals surface area contributed by atoms with Crippen LogP contribution in [-0.4, -0.2) is 17.1 Å². The normalized spacial score (nSPS) is 17.3. The molecule has 1 heterocycles. The van der Waals surface area contributed by atoms with Gasteiger partial charge in [0.15, 0.2) is 0 Å². The number of carbonyl (C=O) groups is 2. The maximum atomic E-state index is 13.3. The van der Waals surface area contributed by atoms with E-state index in [2.05, 4.69) is 16.0 Å². The van der Waals surface area contributed by atoms with Crippen LogP contribution in [0.25, 0.3) is 0 Å². The SMILES string of the molecule is Cc1ccc(NC(=O)C2Cc3ccccc3NC2c2ccc(NC(=O)O)cc2)cc1C(F)(F)F. The lowest BCUT2D eigenvalue weighted by molar-refractivity contribution is -0.138. The maximum absolute atomic E-state index is 13.3. The molecular formula is C25H22F3N3O3. The molecule has 3 aromatic rings. The zero-order valence-corrected chi connectivity index (χ0v) is 18.1. The number of alkyl halides is 3. The van der Waals surface area contributed by atoms with Crippen molar-refractivity contribution in [3.63, 3.8) is 0 Å². The molecule has 4 rings (SSSR count). The van der Waals surface area contributed by atoms with Gasteiger partial charge in [0.1, 0.15) is 0 Å². The Morgan fingerprint density at radius 2 is 1.65 bits per heavy atom. The molecule has 0 saturated heterocycles. The number of amides is 2. The van der Waals surface area contributed by atoms with E-state index >= 15 is 0 Å². The first-order valence-corrected chi connectivity index (χ1v) is 10.5. The van der Waals surface area contributed by atoms with Crippen LogP contribution in [0.4, 0.5) is 35.0 Å². The number of carbonyl (C=O) groups excluding carboxylic acids is 1. The number of hydrogen-bond acceptors (Lipinski definition) is 3. The smallest absolute Gasteiger partial charge is 0.416 e. The molecule has 2 amide bonds. The van der Waals surface area contributed by atoms with Crippen molar-refractivity contribution in [1.82, 2.24) is 0 Å². The van der Waals surface area contributed by atoms with Crippen molar-refractivity contribution < 1.29 is 27.9 Å². The number of halogens is 3. The van der Waals surface area contributed by atoms with E-state index in [0.717, 1.165) is 22.9 Å². The van der Waals surface area contributed by atoms with Gasteiger partial charge < -0.3 is 15.7 Å². The number of rotatable bonds is 4. The summed E-state index contributed by atoms with van der Waals surface area (Å²) in [6, 6.07) is 17.4. The average Bonchev–Trinajstić information content (AvgIpc) is 2.79. The second-order valence-electron chi connectivity index (χ2n) is 8.16. The van der Waals surface area contributed by atoms with Crippen molar-refractivity contribution in [3.05, 3.63) is 89.0 Å². The maximum Gasteiger partial charge on any atom is 0.416 e. The minimum Gasteiger partial charge on any atom is -0.465 e. The minimum atomic E-state index is -4.52.